The minimum Gasteiger partial charge on any atom is -0.361 e. The molecule has 4 nitrogen and oxygen atoms in total. The molecule has 0 saturated carbocycles. The standard InChI is InChI=1S/C14H16N4/c1-5-17-18(8-1)9-7-15-11-12-2-3-13-4-6-16-14(13)10-12/h1-6,8,10,15-16H,7,9,11H2. The van der Waals surface area contributed by atoms with E-state index in [0.29, 0.717) is 0 Å². The molecule has 18 heavy (non-hydrogen) atoms. The fraction of sp³-hybridized carbons (Fsp3) is 0.214. The van der Waals surface area contributed by atoms with Crippen molar-refractivity contribution in [3.05, 3.63) is 54.5 Å². The van der Waals surface area contributed by atoms with Crippen molar-refractivity contribution in [2.24, 2.45) is 0 Å². The molecule has 0 aliphatic heterocycles. The van der Waals surface area contributed by atoms with E-state index >= 15 is 0 Å². The molecule has 0 amide bonds. The molecule has 0 unspecified atom stereocenters. The number of aromatic nitrogens is 3. The van der Waals surface area contributed by atoms with Crippen molar-refractivity contribution in [1.82, 2.24) is 20.1 Å². The molecular formula is C14H16N4. The van der Waals surface area contributed by atoms with Gasteiger partial charge in [-0.3, -0.25) is 4.68 Å². The van der Waals surface area contributed by atoms with Gasteiger partial charge in [-0.05, 0) is 29.1 Å². The lowest BCUT2D eigenvalue weighted by Crippen LogP contribution is -2.19. The van der Waals surface area contributed by atoms with Gasteiger partial charge >= 0.3 is 0 Å². The first kappa shape index (κ1) is 11.0. The fourth-order valence-corrected chi connectivity index (χ4v) is 2.06. The highest BCUT2D eigenvalue weighted by Crippen LogP contribution is 2.13. The summed E-state index contributed by atoms with van der Waals surface area (Å²) in [4.78, 5) is 3.23. The van der Waals surface area contributed by atoms with Crippen molar-refractivity contribution >= 4 is 10.9 Å². The first-order chi connectivity index (χ1) is 8.92. The zero-order valence-electron chi connectivity index (χ0n) is 10.1. The number of hydrogen-bond acceptors (Lipinski definition) is 2. The Morgan fingerprint density at radius 1 is 1.28 bits per heavy atom. The van der Waals surface area contributed by atoms with Crippen molar-refractivity contribution in [3.63, 3.8) is 0 Å². The Morgan fingerprint density at radius 3 is 3.17 bits per heavy atom. The van der Waals surface area contributed by atoms with Crippen LogP contribution in [0.15, 0.2) is 48.9 Å². The molecule has 0 saturated heterocycles. The van der Waals surface area contributed by atoms with Gasteiger partial charge in [0.15, 0.2) is 0 Å². The van der Waals surface area contributed by atoms with Crippen LogP contribution in [-0.4, -0.2) is 21.3 Å². The average Bonchev–Trinajstić information content (AvgIpc) is 3.05. The summed E-state index contributed by atoms with van der Waals surface area (Å²) in [5, 5.41) is 8.85. The summed E-state index contributed by atoms with van der Waals surface area (Å²) in [6.07, 6.45) is 5.76. The maximum atomic E-state index is 4.17. The highest BCUT2D eigenvalue weighted by Gasteiger charge is 1.97. The molecule has 2 aromatic heterocycles. The second kappa shape index (κ2) is 5.06. The highest BCUT2D eigenvalue weighted by atomic mass is 15.3. The van der Waals surface area contributed by atoms with Gasteiger partial charge in [0, 0.05) is 37.2 Å². The molecule has 0 aliphatic carbocycles. The predicted octanol–water partition coefficient (Wildman–Crippen LogP) is 2.15. The first-order valence-electron chi connectivity index (χ1n) is 6.16. The van der Waals surface area contributed by atoms with Crippen molar-refractivity contribution in [3.8, 4) is 0 Å². The average molecular weight is 240 g/mol. The van der Waals surface area contributed by atoms with E-state index in [-0.39, 0.29) is 0 Å². The van der Waals surface area contributed by atoms with Gasteiger partial charge in [-0.15, -0.1) is 0 Å². The fourth-order valence-electron chi connectivity index (χ4n) is 2.06. The second-order valence-corrected chi connectivity index (χ2v) is 4.35. The minimum atomic E-state index is 0.885. The van der Waals surface area contributed by atoms with Gasteiger partial charge in [-0.1, -0.05) is 12.1 Å². The Bertz CT molecular complexity index is 610. The SMILES string of the molecule is c1cnn(CCNCc2ccc3cc[nH]c3c2)c1. The molecule has 0 spiro atoms. The largest absolute Gasteiger partial charge is 0.361 e. The van der Waals surface area contributed by atoms with Crippen molar-refractivity contribution in [2.75, 3.05) is 6.54 Å². The third-order valence-electron chi connectivity index (χ3n) is 3.03. The first-order valence-corrected chi connectivity index (χ1v) is 6.16. The molecule has 3 aromatic rings. The summed E-state index contributed by atoms with van der Waals surface area (Å²) < 4.78 is 1.93. The topological polar surface area (TPSA) is 45.6 Å². The van der Waals surface area contributed by atoms with Crippen molar-refractivity contribution in [2.45, 2.75) is 13.1 Å². The van der Waals surface area contributed by atoms with Crippen LogP contribution in [0.1, 0.15) is 5.56 Å². The zero-order valence-corrected chi connectivity index (χ0v) is 10.1. The van der Waals surface area contributed by atoms with Crippen molar-refractivity contribution in [1.29, 1.82) is 0 Å². The summed E-state index contributed by atoms with van der Waals surface area (Å²) in [6.45, 7) is 2.71. The maximum Gasteiger partial charge on any atom is 0.0534 e. The van der Waals surface area contributed by atoms with E-state index in [1.54, 1.807) is 6.20 Å². The minimum absolute atomic E-state index is 0.885. The lowest BCUT2D eigenvalue weighted by Gasteiger charge is -2.05. The summed E-state index contributed by atoms with van der Waals surface area (Å²) in [5.41, 5.74) is 2.49. The number of hydrogen-bond donors (Lipinski definition) is 2. The van der Waals surface area contributed by atoms with Gasteiger partial charge in [0.25, 0.3) is 0 Å². The van der Waals surface area contributed by atoms with Crippen LogP contribution >= 0.6 is 0 Å². The third-order valence-corrected chi connectivity index (χ3v) is 3.03. The molecule has 0 atom stereocenters. The zero-order chi connectivity index (χ0) is 12.2. The van der Waals surface area contributed by atoms with Gasteiger partial charge in [0.05, 0.1) is 6.54 Å². The number of aromatic amines is 1. The van der Waals surface area contributed by atoms with Crippen LogP contribution in [0.25, 0.3) is 10.9 Å². The number of benzene rings is 1. The number of nitrogens with one attached hydrogen (secondary N) is 2. The Hall–Kier alpha value is -2.07. The van der Waals surface area contributed by atoms with E-state index in [4.69, 9.17) is 0 Å². The molecule has 1 aromatic carbocycles. The summed E-state index contributed by atoms with van der Waals surface area (Å²) in [7, 11) is 0. The molecule has 0 aliphatic rings. The predicted molar refractivity (Wildman–Crippen MR) is 72.2 cm³/mol. The van der Waals surface area contributed by atoms with Gasteiger partial charge < -0.3 is 10.3 Å². The van der Waals surface area contributed by atoms with Crippen LogP contribution in [-0.2, 0) is 13.1 Å². The normalized spacial score (nSPS) is 11.1. The maximum absolute atomic E-state index is 4.17. The molecule has 3 rings (SSSR count). The Balaban J connectivity index is 1.53. The van der Waals surface area contributed by atoms with Crippen LogP contribution in [0, 0.1) is 0 Å². The number of nitrogens with zero attached hydrogens (tertiary/aromatic N) is 2. The monoisotopic (exact) mass is 240 g/mol. The second-order valence-electron chi connectivity index (χ2n) is 4.35. The van der Waals surface area contributed by atoms with Crippen LogP contribution in [0.4, 0.5) is 0 Å². The van der Waals surface area contributed by atoms with Crippen molar-refractivity contribution < 1.29 is 0 Å². The molecule has 0 radical (unpaired) electrons. The van der Waals surface area contributed by atoms with E-state index in [9.17, 15) is 0 Å². The lowest BCUT2D eigenvalue weighted by atomic mass is 10.1. The van der Waals surface area contributed by atoms with Crippen LogP contribution in [0.3, 0.4) is 0 Å². The smallest absolute Gasteiger partial charge is 0.0534 e. The van der Waals surface area contributed by atoms with E-state index < -0.39 is 0 Å². The Morgan fingerprint density at radius 2 is 2.28 bits per heavy atom. The molecule has 2 heterocycles. The van der Waals surface area contributed by atoms with Crippen LogP contribution in [0.2, 0.25) is 0 Å². The molecule has 0 fully saturated rings. The van der Waals surface area contributed by atoms with Gasteiger partial charge in [0.1, 0.15) is 0 Å². The van der Waals surface area contributed by atoms with Crippen LogP contribution in [0.5, 0.6) is 0 Å². The summed E-state index contributed by atoms with van der Waals surface area (Å²) in [5.74, 6) is 0. The van der Waals surface area contributed by atoms with E-state index in [2.05, 4.69) is 39.7 Å². The summed E-state index contributed by atoms with van der Waals surface area (Å²) in [6, 6.07) is 10.5. The third kappa shape index (κ3) is 2.43. The Kier molecular flexibility index (Phi) is 3.10. The quantitative estimate of drug-likeness (QED) is 0.671. The molecular weight excluding hydrogens is 224 g/mol. The number of fused-ring (bicyclic) bond motifs is 1. The molecule has 92 valence electrons. The van der Waals surface area contributed by atoms with E-state index in [0.717, 1.165) is 19.6 Å². The van der Waals surface area contributed by atoms with Crippen LogP contribution < -0.4 is 5.32 Å². The number of H-pyrrole nitrogens is 1. The number of rotatable bonds is 5. The Labute approximate surface area is 106 Å². The highest BCUT2D eigenvalue weighted by molar-refractivity contribution is 5.79. The summed E-state index contributed by atoms with van der Waals surface area (Å²) >= 11 is 0. The van der Waals surface area contributed by atoms with E-state index in [1.807, 2.05) is 23.1 Å². The molecule has 0 bridgehead atoms. The van der Waals surface area contributed by atoms with E-state index in [1.165, 1.54) is 16.5 Å². The van der Waals surface area contributed by atoms with Gasteiger partial charge in [-0.25, -0.2) is 0 Å². The van der Waals surface area contributed by atoms with Gasteiger partial charge in [0.2, 0.25) is 0 Å². The molecule has 4 heteroatoms. The molecule has 2 N–H and O–H groups in total. The van der Waals surface area contributed by atoms with Gasteiger partial charge in [-0.2, -0.15) is 5.10 Å². The lowest BCUT2D eigenvalue weighted by molar-refractivity contribution is 0.555.